The number of carbonyl (C=O) groups is 1. The maximum absolute atomic E-state index is 12.1. The van der Waals surface area contributed by atoms with Crippen LogP contribution >= 0.6 is 0 Å². The highest BCUT2D eigenvalue weighted by molar-refractivity contribution is 7.89. The number of aryl methyl sites for hydroxylation is 1. The lowest BCUT2D eigenvalue weighted by Gasteiger charge is -2.14. The summed E-state index contributed by atoms with van der Waals surface area (Å²) in [6, 6.07) is 4.35. The van der Waals surface area contributed by atoms with Gasteiger partial charge in [0.15, 0.2) is 0 Å². The van der Waals surface area contributed by atoms with Crippen molar-refractivity contribution < 1.29 is 13.2 Å². The van der Waals surface area contributed by atoms with Crippen molar-refractivity contribution in [1.82, 2.24) is 5.32 Å². The number of nitrogens with one attached hydrogen (secondary N) is 1. The van der Waals surface area contributed by atoms with E-state index in [1.165, 1.54) is 12.1 Å². The minimum absolute atomic E-state index is 0.0496. The van der Waals surface area contributed by atoms with Gasteiger partial charge in [-0.15, -0.1) is 0 Å². The Labute approximate surface area is 114 Å². The molecule has 1 amide bonds. The molecule has 0 saturated carbocycles. The summed E-state index contributed by atoms with van der Waals surface area (Å²) in [6.45, 7) is 5.71. The van der Waals surface area contributed by atoms with Crippen LogP contribution in [0.25, 0.3) is 0 Å². The van der Waals surface area contributed by atoms with Crippen molar-refractivity contribution in [3.8, 4) is 0 Å². The van der Waals surface area contributed by atoms with Gasteiger partial charge < -0.3 is 5.32 Å². The third-order valence-corrected chi connectivity index (χ3v) is 3.79. The molecule has 0 bridgehead atoms. The molecular weight excluding hydrogens is 264 g/mol. The second-order valence-corrected chi connectivity index (χ2v) is 6.25. The second kappa shape index (κ2) is 6.16. The zero-order chi connectivity index (χ0) is 14.6. The van der Waals surface area contributed by atoms with E-state index in [9.17, 15) is 13.2 Å². The maximum Gasteiger partial charge on any atom is 0.251 e. The molecule has 6 heteroatoms. The maximum atomic E-state index is 12.1. The van der Waals surface area contributed by atoms with Gasteiger partial charge in [-0.2, -0.15) is 0 Å². The van der Waals surface area contributed by atoms with Gasteiger partial charge in [-0.05, 0) is 38.0 Å². The van der Waals surface area contributed by atoms with E-state index >= 15 is 0 Å². The standard InChI is InChI=1S/C13H20N2O3S/c1-4-5-10(3)15-13(16)12-8-11(19(14,17)18)7-6-9(12)2/h6-8,10H,4-5H2,1-3H3,(H,15,16)(H2,14,17,18)/t10-/m1/s1. The largest absolute Gasteiger partial charge is 0.350 e. The van der Waals surface area contributed by atoms with E-state index in [1.54, 1.807) is 13.0 Å². The summed E-state index contributed by atoms with van der Waals surface area (Å²) in [5.41, 5.74) is 1.06. The van der Waals surface area contributed by atoms with Gasteiger partial charge in [-0.3, -0.25) is 4.79 Å². The molecule has 106 valence electrons. The first-order valence-corrected chi connectivity index (χ1v) is 7.74. The third-order valence-electron chi connectivity index (χ3n) is 2.88. The molecule has 0 unspecified atom stereocenters. The van der Waals surface area contributed by atoms with Crippen molar-refractivity contribution in [3.63, 3.8) is 0 Å². The van der Waals surface area contributed by atoms with E-state index in [0.717, 1.165) is 12.8 Å². The number of carbonyl (C=O) groups excluding carboxylic acids is 1. The third kappa shape index (κ3) is 4.33. The molecule has 1 aromatic carbocycles. The van der Waals surface area contributed by atoms with Gasteiger partial charge in [0.25, 0.3) is 5.91 Å². The van der Waals surface area contributed by atoms with Gasteiger partial charge in [0, 0.05) is 11.6 Å². The Bertz CT molecular complexity index is 567. The van der Waals surface area contributed by atoms with Gasteiger partial charge in [-0.25, -0.2) is 13.6 Å². The van der Waals surface area contributed by atoms with Crippen LogP contribution in [0.1, 0.15) is 42.6 Å². The van der Waals surface area contributed by atoms with Crippen molar-refractivity contribution >= 4 is 15.9 Å². The number of primary sulfonamides is 1. The highest BCUT2D eigenvalue weighted by atomic mass is 32.2. The average molecular weight is 284 g/mol. The SMILES string of the molecule is CCC[C@@H](C)NC(=O)c1cc(S(N)(=O)=O)ccc1C. The van der Waals surface area contributed by atoms with Crippen LogP contribution in [0.2, 0.25) is 0 Å². The number of sulfonamides is 1. The minimum atomic E-state index is -3.79. The Morgan fingerprint density at radius 1 is 1.42 bits per heavy atom. The molecular formula is C13H20N2O3S. The van der Waals surface area contributed by atoms with Gasteiger partial charge >= 0.3 is 0 Å². The molecule has 0 heterocycles. The molecule has 0 aliphatic rings. The normalized spacial score (nSPS) is 13.1. The molecule has 1 atom stereocenters. The zero-order valence-electron chi connectivity index (χ0n) is 11.4. The summed E-state index contributed by atoms with van der Waals surface area (Å²) in [7, 11) is -3.79. The Kier molecular flexibility index (Phi) is 5.08. The number of nitrogens with two attached hydrogens (primary N) is 1. The van der Waals surface area contributed by atoms with Crippen molar-refractivity contribution in [1.29, 1.82) is 0 Å². The van der Waals surface area contributed by atoms with E-state index < -0.39 is 10.0 Å². The Morgan fingerprint density at radius 2 is 2.05 bits per heavy atom. The van der Waals surface area contributed by atoms with Crippen molar-refractivity contribution in [2.75, 3.05) is 0 Å². The van der Waals surface area contributed by atoms with Gasteiger partial charge in [-0.1, -0.05) is 19.4 Å². The molecule has 0 radical (unpaired) electrons. The Hall–Kier alpha value is -1.40. The van der Waals surface area contributed by atoms with Gasteiger partial charge in [0.05, 0.1) is 4.90 Å². The molecule has 1 aromatic rings. The first kappa shape index (κ1) is 15.7. The van der Waals surface area contributed by atoms with Crippen LogP contribution in [0.5, 0.6) is 0 Å². The molecule has 1 rings (SSSR count). The topological polar surface area (TPSA) is 89.3 Å². The predicted molar refractivity (Wildman–Crippen MR) is 74.4 cm³/mol. The second-order valence-electron chi connectivity index (χ2n) is 4.68. The lowest BCUT2D eigenvalue weighted by atomic mass is 10.1. The summed E-state index contributed by atoms with van der Waals surface area (Å²) in [6.07, 6.45) is 1.84. The average Bonchev–Trinajstić information content (AvgIpc) is 2.27. The van der Waals surface area contributed by atoms with Crippen molar-refractivity contribution in [2.24, 2.45) is 5.14 Å². The summed E-state index contributed by atoms with van der Waals surface area (Å²) >= 11 is 0. The first-order chi connectivity index (χ1) is 8.75. The highest BCUT2D eigenvalue weighted by Crippen LogP contribution is 2.15. The van der Waals surface area contributed by atoms with E-state index in [2.05, 4.69) is 5.32 Å². The smallest absolute Gasteiger partial charge is 0.251 e. The van der Waals surface area contributed by atoms with Crippen LogP contribution in [-0.2, 0) is 10.0 Å². The number of hydrogen-bond donors (Lipinski definition) is 2. The van der Waals surface area contributed by atoms with Crippen LogP contribution in [0, 0.1) is 6.92 Å². The van der Waals surface area contributed by atoms with Crippen LogP contribution in [0.15, 0.2) is 23.1 Å². The fraction of sp³-hybridized carbons (Fsp3) is 0.462. The fourth-order valence-corrected chi connectivity index (χ4v) is 2.37. The molecule has 0 aliphatic heterocycles. The molecule has 19 heavy (non-hydrogen) atoms. The molecule has 0 fully saturated rings. The lowest BCUT2D eigenvalue weighted by molar-refractivity contribution is 0.0937. The molecule has 0 aliphatic carbocycles. The lowest BCUT2D eigenvalue weighted by Crippen LogP contribution is -2.33. The molecule has 3 N–H and O–H groups in total. The molecule has 5 nitrogen and oxygen atoms in total. The van der Waals surface area contributed by atoms with Crippen LogP contribution in [-0.4, -0.2) is 20.4 Å². The van der Waals surface area contributed by atoms with Crippen LogP contribution < -0.4 is 10.5 Å². The quantitative estimate of drug-likeness (QED) is 0.860. The van der Waals surface area contributed by atoms with Crippen LogP contribution in [0.3, 0.4) is 0 Å². The Balaban J connectivity index is 3.03. The molecule has 0 spiro atoms. The van der Waals surface area contributed by atoms with E-state index in [1.807, 2.05) is 13.8 Å². The van der Waals surface area contributed by atoms with E-state index in [-0.39, 0.29) is 16.8 Å². The van der Waals surface area contributed by atoms with Crippen molar-refractivity contribution in [2.45, 2.75) is 44.6 Å². The summed E-state index contributed by atoms with van der Waals surface area (Å²) in [5.74, 6) is -0.274. The molecule has 0 aromatic heterocycles. The number of rotatable bonds is 5. The Morgan fingerprint density at radius 3 is 2.58 bits per heavy atom. The number of benzene rings is 1. The summed E-state index contributed by atoms with van der Waals surface area (Å²) < 4.78 is 22.6. The van der Waals surface area contributed by atoms with Gasteiger partial charge in [0.2, 0.25) is 10.0 Å². The van der Waals surface area contributed by atoms with E-state index in [0.29, 0.717) is 11.1 Å². The molecule has 0 saturated heterocycles. The van der Waals surface area contributed by atoms with E-state index in [4.69, 9.17) is 5.14 Å². The highest BCUT2D eigenvalue weighted by Gasteiger charge is 2.15. The number of amides is 1. The summed E-state index contributed by atoms with van der Waals surface area (Å²) in [5, 5.41) is 7.91. The fourth-order valence-electron chi connectivity index (χ4n) is 1.83. The monoisotopic (exact) mass is 284 g/mol. The zero-order valence-corrected chi connectivity index (χ0v) is 12.3. The predicted octanol–water partition coefficient (Wildman–Crippen LogP) is 1.56. The van der Waals surface area contributed by atoms with Crippen molar-refractivity contribution in [3.05, 3.63) is 29.3 Å². The van der Waals surface area contributed by atoms with Crippen LogP contribution in [0.4, 0.5) is 0 Å². The van der Waals surface area contributed by atoms with Gasteiger partial charge in [0.1, 0.15) is 0 Å². The summed E-state index contributed by atoms with van der Waals surface area (Å²) in [4.78, 5) is 12.0. The number of hydrogen-bond acceptors (Lipinski definition) is 3. The minimum Gasteiger partial charge on any atom is -0.350 e. The first-order valence-electron chi connectivity index (χ1n) is 6.20.